The van der Waals surface area contributed by atoms with Crippen molar-refractivity contribution in [2.75, 3.05) is 6.54 Å². The molecule has 0 spiro atoms. The molecule has 0 aliphatic heterocycles. The zero-order valence-electron chi connectivity index (χ0n) is 16.1. The predicted molar refractivity (Wildman–Crippen MR) is 106 cm³/mol. The van der Waals surface area contributed by atoms with Gasteiger partial charge in [0.2, 0.25) is 11.8 Å². The number of aromatic nitrogens is 1. The molecule has 1 aromatic heterocycles. The predicted octanol–water partition coefficient (Wildman–Crippen LogP) is 3.37. The van der Waals surface area contributed by atoms with Crippen molar-refractivity contribution in [1.29, 1.82) is 0 Å². The molecule has 1 aliphatic carbocycles. The van der Waals surface area contributed by atoms with Crippen molar-refractivity contribution in [1.82, 2.24) is 20.9 Å². The molecule has 0 radical (unpaired) electrons. The summed E-state index contributed by atoms with van der Waals surface area (Å²) in [5.41, 5.74) is 0.949. The maximum Gasteiger partial charge on any atom is 0.315 e. The highest BCUT2D eigenvalue weighted by Crippen LogP contribution is 2.19. The number of carbonyl (C=O) groups is 2. The van der Waals surface area contributed by atoms with Crippen LogP contribution in [0.4, 0.5) is 4.79 Å². The first-order valence-electron chi connectivity index (χ1n) is 10.0. The highest BCUT2D eigenvalue weighted by molar-refractivity contribution is 5.76. The van der Waals surface area contributed by atoms with Gasteiger partial charge in [-0.15, -0.1) is 0 Å². The number of hydrogen-bond donors (Lipinski definition) is 3. The number of carbonyl (C=O) groups excluding carboxylic acids is 2. The molecule has 1 heterocycles. The van der Waals surface area contributed by atoms with Crippen LogP contribution in [0, 0.1) is 0 Å². The Balaban J connectivity index is 1.28. The van der Waals surface area contributed by atoms with Gasteiger partial charge in [0.1, 0.15) is 0 Å². The average Bonchev–Trinajstić information content (AvgIpc) is 3.20. The zero-order chi connectivity index (χ0) is 19.6. The molecule has 28 heavy (non-hydrogen) atoms. The lowest BCUT2D eigenvalue weighted by Gasteiger charge is -2.22. The maximum atomic E-state index is 11.9. The number of oxazole rings is 1. The van der Waals surface area contributed by atoms with Crippen molar-refractivity contribution in [2.24, 2.45) is 0 Å². The fraction of sp³-hybridized carbons (Fsp3) is 0.476. The summed E-state index contributed by atoms with van der Waals surface area (Å²) in [6.07, 6.45) is 8.33. The van der Waals surface area contributed by atoms with Crippen molar-refractivity contribution in [3.05, 3.63) is 42.4 Å². The summed E-state index contributed by atoms with van der Waals surface area (Å²) < 4.78 is 5.66. The van der Waals surface area contributed by atoms with Crippen LogP contribution >= 0.6 is 0 Å². The van der Waals surface area contributed by atoms with Crippen LogP contribution in [-0.4, -0.2) is 29.5 Å². The van der Waals surface area contributed by atoms with E-state index in [0.29, 0.717) is 37.1 Å². The highest BCUT2D eigenvalue weighted by Gasteiger charge is 2.15. The third-order valence-corrected chi connectivity index (χ3v) is 4.86. The Kier molecular flexibility index (Phi) is 7.46. The number of nitrogens with zero attached hydrogens (tertiary/aromatic N) is 1. The third kappa shape index (κ3) is 6.40. The number of hydrogen-bond acceptors (Lipinski definition) is 4. The average molecular weight is 384 g/mol. The monoisotopic (exact) mass is 384 g/mol. The summed E-state index contributed by atoms with van der Waals surface area (Å²) in [4.78, 5) is 28.0. The largest absolute Gasteiger partial charge is 0.439 e. The van der Waals surface area contributed by atoms with Gasteiger partial charge >= 0.3 is 6.03 Å². The molecule has 3 N–H and O–H groups in total. The molecule has 0 unspecified atom stereocenters. The molecule has 3 amide bonds. The molecule has 7 nitrogen and oxygen atoms in total. The van der Waals surface area contributed by atoms with Crippen molar-refractivity contribution >= 4 is 11.9 Å². The maximum absolute atomic E-state index is 11.9. The second-order valence-electron chi connectivity index (χ2n) is 7.10. The molecule has 1 fully saturated rings. The first kappa shape index (κ1) is 19.9. The Bertz CT molecular complexity index is 754. The lowest BCUT2D eigenvalue weighted by molar-refractivity contribution is -0.121. The van der Waals surface area contributed by atoms with E-state index < -0.39 is 0 Å². The topological polar surface area (TPSA) is 96.3 Å². The van der Waals surface area contributed by atoms with Gasteiger partial charge in [-0.3, -0.25) is 4.79 Å². The Morgan fingerprint density at radius 1 is 1.07 bits per heavy atom. The summed E-state index contributed by atoms with van der Waals surface area (Å²) in [7, 11) is 0. The van der Waals surface area contributed by atoms with Gasteiger partial charge in [-0.25, -0.2) is 9.78 Å². The molecule has 2 aromatic rings. The second-order valence-corrected chi connectivity index (χ2v) is 7.10. The molecule has 7 heteroatoms. The minimum atomic E-state index is -0.138. The van der Waals surface area contributed by atoms with E-state index in [9.17, 15) is 9.59 Å². The van der Waals surface area contributed by atoms with Gasteiger partial charge in [0.15, 0.2) is 5.76 Å². The Hall–Kier alpha value is -2.83. The van der Waals surface area contributed by atoms with E-state index in [2.05, 4.69) is 20.9 Å². The van der Waals surface area contributed by atoms with Gasteiger partial charge in [-0.1, -0.05) is 49.6 Å². The fourth-order valence-electron chi connectivity index (χ4n) is 3.32. The van der Waals surface area contributed by atoms with Crippen LogP contribution < -0.4 is 16.0 Å². The molecule has 0 bridgehead atoms. The second kappa shape index (κ2) is 10.5. The van der Waals surface area contributed by atoms with Gasteiger partial charge in [-0.05, 0) is 19.3 Å². The minimum Gasteiger partial charge on any atom is -0.439 e. The SMILES string of the molecule is O=C(CCCNC(=O)NC1CCCCC1)NCc1ncc(-c2ccccc2)o1. The van der Waals surface area contributed by atoms with E-state index in [0.717, 1.165) is 18.4 Å². The summed E-state index contributed by atoms with van der Waals surface area (Å²) in [6, 6.07) is 9.85. The Labute approximate surface area is 165 Å². The molecule has 3 rings (SSSR count). The molecule has 0 saturated heterocycles. The van der Waals surface area contributed by atoms with Crippen LogP contribution in [-0.2, 0) is 11.3 Å². The molecule has 150 valence electrons. The first-order valence-corrected chi connectivity index (χ1v) is 10.0. The van der Waals surface area contributed by atoms with Gasteiger partial charge in [-0.2, -0.15) is 0 Å². The lowest BCUT2D eigenvalue weighted by Crippen LogP contribution is -2.43. The van der Waals surface area contributed by atoms with E-state index in [4.69, 9.17) is 4.42 Å². The molecular formula is C21H28N4O3. The van der Waals surface area contributed by atoms with Gasteiger partial charge in [0, 0.05) is 24.6 Å². The number of urea groups is 1. The van der Waals surface area contributed by atoms with Crippen LogP contribution in [0.1, 0.15) is 50.8 Å². The van der Waals surface area contributed by atoms with Crippen LogP contribution in [0.15, 0.2) is 40.9 Å². The van der Waals surface area contributed by atoms with Crippen molar-refractivity contribution in [3.8, 4) is 11.3 Å². The smallest absolute Gasteiger partial charge is 0.315 e. The zero-order valence-corrected chi connectivity index (χ0v) is 16.1. The summed E-state index contributed by atoms with van der Waals surface area (Å²) in [5, 5.41) is 8.61. The van der Waals surface area contributed by atoms with Gasteiger partial charge in [0.25, 0.3) is 0 Å². The number of amides is 3. The van der Waals surface area contributed by atoms with Crippen LogP contribution in [0.2, 0.25) is 0 Å². The van der Waals surface area contributed by atoms with E-state index in [1.165, 1.54) is 19.3 Å². The lowest BCUT2D eigenvalue weighted by atomic mass is 9.96. The van der Waals surface area contributed by atoms with Crippen molar-refractivity contribution in [3.63, 3.8) is 0 Å². The Morgan fingerprint density at radius 2 is 1.86 bits per heavy atom. The summed E-state index contributed by atoms with van der Waals surface area (Å²) in [6.45, 7) is 0.727. The summed E-state index contributed by atoms with van der Waals surface area (Å²) >= 11 is 0. The number of rotatable bonds is 8. The molecule has 1 aliphatic rings. The number of benzene rings is 1. The van der Waals surface area contributed by atoms with Crippen molar-refractivity contribution in [2.45, 2.75) is 57.5 Å². The van der Waals surface area contributed by atoms with Crippen molar-refractivity contribution < 1.29 is 14.0 Å². The van der Waals surface area contributed by atoms with Gasteiger partial charge in [0.05, 0.1) is 12.7 Å². The molecule has 1 aromatic carbocycles. The number of nitrogens with one attached hydrogen (secondary N) is 3. The quantitative estimate of drug-likeness (QED) is 0.608. The van der Waals surface area contributed by atoms with Crippen LogP contribution in [0.25, 0.3) is 11.3 Å². The third-order valence-electron chi connectivity index (χ3n) is 4.86. The van der Waals surface area contributed by atoms with E-state index in [-0.39, 0.29) is 18.5 Å². The normalized spacial score (nSPS) is 14.4. The van der Waals surface area contributed by atoms with Gasteiger partial charge < -0.3 is 20.4 Å². The minimum absolute atomic E-state index is 0.0889. The van der Waals surface area contributed by atoms with E-state index >= 15 is 0 Å². The first-order chi connectivity index (χ1) is 13.7. The molecular weight excluding hydrogens is 356 g/mol. The van der Waals surface area contributed by atoms with E-state index in [1.54, 1.807) is 6.20 Å². The highest BCUT2D eigenvalue weighted by atomic mass is 16.4. The fourth-order valence-corrected chi connectivity index (χ4v) is 3.32. The van der Waals surface area contributed by atoms with Crippen LogP contribution in [0.5, 0.6) is 0 Å². The molecule has 1 saturated carbocycles. The van der Waals surface area contributed by atoms with Crippen LogP contribution in [0.3, 0.4) is 0 Å². The molecule has 0 atom stereocenters. The summed E-state index contributed by atoms with van der Waals surface area (Å²) in [5.74, 6) is 1.06. The Morgan fingerprint density at radius 3 is 2.64 bits per heavy atom. The van der Waals surface area contributed by atoms with E-state index in [1.807, 2.05) is 30.3 Å². The standard InChI is InChI=1S/C21H28N4O3/c26-19(12-7-13-22-21(27)25-17-10-5-2-6-11-17)23-15-20-24-14-18(28-20)16-8-3-1-4-9-16/h1,3-4,8-9,14,17H,2,5-7,10-13,15H2,(H,23,26)(H2,22,25,27).